The Morgan fingerprint density at radius 1 is 1.00 bits per heavy atom. The van der Waals surface area contributed by atoms with Crippen LogP contribution in [0.1, 0.15) is 59.0 Å². The molecule has 3 heteroatoms. The third kappa shape index (κ3) is 4.40. The van der Waals surface area contributed by atoms with Crippen molar-refractivity contribution in [3.63, 3.8) is 0 Å². The first-order chi connectivity index (χ1) is 6.63. The predicted octanol–water partition coefficient (Wildman–Crippen LogP) is 3.53. The summed E-state index contributed by atoms with van der Waals surface area (Å²) in [7, 11) is 0. The van der Waals surface area contributed by atoms with Gasteiger partial charge in [0.05, 0.1) is 11.4 Å². The molecule has 1 aromatic heterocycles. The summed E-state index contributed by atoms with van der Waals surface area (Å²) in [6.45, 7) is 16.2. The molecule has 0 spiro atoms. The molecule has 0 saturated carbocycles. The van der Waals surface area contributed by atoms with Gasteiger partial charge in [0.25, 0.3) is 0 Å². The van der Waals surface area contributed by atoms with Gasteiger partial charge >= 0.3 is 0 Å². The van der Waals surface area contributed by atoms with Gasteiger partial charge in [0.2, 0.25) is 0 Å². The first kappa shape index (κ1) is 15.6. The van der Waals surface area contributed by atoms with Crippen molar-refractivity contribution in [3.8, 4) is 0 Å². The summed E-state index contributed by atoms with van der Waals surface area (Å²) < 4.78 is 1.93. The second-order valence-electron chi connectivity index (χ2n) is 2.80. The van der Waals surface area contributed by atoms with Crippen LogP contribution >= 0.6 is 0 Å². The minimum atomic E-state index is 0.418. The highest BCUT2D eigenvalue weighted by molar-refractivity contribution is 5.05. The zero-order valence-electron chi connectivity index (χ0n) is 10.9. The van der Waals surface area contributed by atoms with Crippen molar-refractivity contribution in [3.05, 3.63) is 11.4 Å². The van der Waals surface area contributed by atoms with Gasteiger partial charge in [-0.25, -0.2) is 4.68 Å². The highest BCUT2D eigenvalue weighted by atomic mass is 15.4. The SMILES string of the molecule is CC.CC.Cc1nnn(C(C)C)c1C. The van der Waals surface area contributed by atoms with Crippen molar-refractivity contribution in [2.75, 3.05) is 0 Å². The zero-order chi connectivity index (χ0) is 11.7. The van der Waals surface area contributed by atoms with Gasteiger partial charge in [-0.2, -0.15) is 0 Å². The van der Waals surface area contributed by atoms with E-state index in [1.165, 1.54) is 0 Å². The van der Waals surface area contributed by atoms with Crippen LogP contribution in [0.15, 0.2) is 0 Å². The number of hydrogen-bond donors (Lipinski definition) is 0. The van der Waals surface area contributed by atoms with Crippen molar-refractivity contribution >= 4 is 0 Å². The largest absolute Gasteiger partial charge is 0.247 e. The lowest BCUT2D eigenvalue weighted by atomic mass is 10.3. The van der Waals surface area contributed by atoms with Crippen molar-refractivity contribution in [1.29, 1.82) is 0 Å². The minimum Gasteiger partial charge on any atom is -0.247 e. The molecule has 0 atom stereocenters. The lowest BCUT2D eigenvalue weighted by molar-refractivity contribution is 0.502. The summed E-state index contributed by atoms with van der Waals surface area (Å²) in [4.78, 5) is 0. The number of rotatable bonds is 1. The van der Waals surface area contributed by atoms with E-state index in [0.29, 0.717) is 6.04 Å². The fourth-order valence-electron chi connectivity index (χ4n) is 0.911. The second-order valence-corrected chi connectivity index (χ2v) is 2.80. The summed E-state index contributed by atoms with van der Waals surface area (Å²) in [5.74, 6) is 0. The van der Waals surface area contributed by atoms with Gasteiger partial charge in [-0.1, -0.05) is 32.9 Å². The van der Waals surface area contributed by atoms with Crippen LogP contribution in [0.25, 0.3) is 0 Å². The molecule has 84 valence electrons. The topological polar surface area (TPSA) is 30.7 Å². The van der Waals surface area contributed by atoms with Gasteiger partial charge in [-0.05, 0) is 27.7 Å². The molecule has 0 amide bonds. The molecule has 14 heavy (non-hydrogen) atoms. The Hall–Kier alpha value is -0.860. The summed E-state index contributed by atoms with van der Waals surface area (Å²) in [5, 5.41) is 7.93. The van der Waals surface area contributed by atoms with E-state index >= 15 is 0 Å². The maximum absolute atomic E-state index is 3.98. The van der Waals surface area contributed by atoms with Gasteiger partial charge in [0, 0.05) is 6.04 Å². The van der Waals surface area contributed by atoms with E-state index < -0.39 is 0 Å². The van der Waals surface area contributed by atoms with E-state index in [2.05, 4.69) is 24.2 Å². The Morgan fingerprint density at radius 2 is 1.43 bits per heavy atom. The van der Waals surface area contributed by atoms with Crippen molar-refractivity contribution in [1.82, 2.24) is 15.0 Å². The fourth-order valence-corrected chi connectivity index (χ4v) is 0.911. The van der Waals surface area contributed by atoms with Gasteiger partial charge in [-0.15, -0.1) is 5.10 Å². The molecule has 0 aliphatic heterocycles. The van der Waals surface area contributed by atoms with Gasteiger partial charge in [0.1, 0.15) is 0 Å². The first-order valence-electron chi connectivity index (χ1n) is 5.51. The Balaban J connectivity index is 0. The van der Waals surface area contributed by atoms with Crippen LogP contribution in [0.5, 0.6) is 0 Å². The van der Waals surface area contributed by atoms with Crippen molar-refractivity contribution < 1.29 is 0 Å². The Kier molecular flexibility index (Phi) is 9.73. The van der Waals surface area contributed by atoms with Crippen LogP contribution in [0.2, 0.25) is 0 Å². The monoisotopic (exact) mass is 199 g/mol. The molecule has 0 aromatic carbocycles. The molecule has 0 bridgehead atoms. The second kappa shape index (κ2) is 8.73. The predicted molar refractivity (Wildman–Crippen MR) is 62.6 cm³/mol. The molecular weight excluding hydrogens is 174 g/mol. The smallest absolute Gasteiger partial charge is 0.0825 e. The van der Waals surface area contributed by atoms with Crippen LogP contribution in [-0.2, 0) is 0 Å². The van der Waals surface area contributed by atoms with E-state index in [1.54, 1.807) is 0 Å². The molecule has 0 unspecified atom stereocenters. The standard InChI is InChI=1S/C7H13N3.2C2H6/c1-5(2)10-7(4)6(3)8-9-10;2*1-2/h5H,1-4H3;2*1-2H3. The maximum atomic E-state index is 3.98. The average molecular weight is 199 g/mol. The molecule has 0 aliphatic rings. The van der Waals surface area contributed by atoms with Gasteiger partial charge in [0.15, 0.2) is 0 Å². The summed E-state index contributed by atoms with van der Waals surface area (Å²) >= 11 is 0. The Labute approximate surface area is 88.5 Å². The van der Waals surface area contributed by atoms with Crippen molar-refractivity contribution in [2.24, 2.45) is 0 Å². The fraction of sp³-hybridized carbons (Fsp3) is 0.818. The molecule has 0 fully saturated rings. The molecule has 1 aromatic rings. The Bertz CT molecular complexity index is 226. The first-order valence-corrected chi connectivity index (χ1v) is 5.51. The maximum Gasteiger partial charge on any atom is 0.0825 e. The molecule has 0 aliphatic carbocycles. The third-order valence-corrected chi connectivity index (χ3v) is 1.65. The molecule has 0 radical (unpaired) electrons. The summed E-state index contributed by atoms with van der Waals surface area (Å²) in [6.07, 6.45) is 0. The Morgan fingerprint density at radius 3 is 1.57 bits per heavy atom. The van der Waals surface area contributed by atoms with Gasteiger partial charge < -0.3 is 0 Å². The van der Waals surface area contributed by atoms with Crippen LogP contribution in [0.4, 0.5) is 0 Å². The highest BCUT2D eigenvalue weighted by Crippen LogP contribution is 2.07. The summed E-state index contributed by atoms with van der Waals surface area (Å²) in [6, 6.07) is 0.418. The van der Waals surface area contributed by atoms with Crippen LogP contribution in [0.3, 0.4) is 0 Å². The van der Waals surface area contributed by atoms with Crippen LogP contribution in [0, 0.1) is 13.8 Å². The summed E-state index contributed by atoms with van der Waals surface area (Å²) in [5.41, 5.74) is 2.18. The molecule has 0 saturated heterocycles. The molecule has 1 rings (SSSR count). The number of hydrogen-bond acceptors (Lipinski definition) is 2. The van der Waals surface area contributed by atoms with Crippen LogP contribution < -0.4 is 0 Å². The lowest BCUT2D eigenvalue weighted by Crippen LogP contribution is -2.04. The van der Waals surface area contributed by atoms with Crippen molar-refractivity contribution in [2.45, 2.75) is 61.4 Å². The third-order valence-electron chi connectivity index (χ3n) is 1.65. The number of aryl methyl sites for hydroxylation is 1. The quantitative estimate of drug-likeness (QED) is 0.692. The van der Waals surface area contributed by atoms with Gasteiger partial charge in [-0.3, -0.25) is 0 Å². The number of aromatic nitrogens is 3. The van der Waals surface area contributed by atoms with E-state index in [9.17, 15) is 0 Å². The highest BCUT2D eigenvalue weighted by Gasteiger charge is 2.05. The average Bonchev–Trinajstić information content (AvgIpc) is 2.54. The minimum absolute atomic E-state index is 0.418. The normalized spacial score (nSPS) is 8.64. The molecule has 3 nitrogen and oxygen atoms in total. The molecular formula is C11H25N3. The number of nitrogens with zero attached hydrogens (tertiary/aromatic N) is 3. The molecule has 0 N–H and O–H groups in total. The van der Waals surface area contributed by atoms with E-state index in [4.69, 9.17) is 0 Å². The van der Waals surface area contributed by atoms with E-state index in [1.807, 2.05) is 46.2 Å². The van der Waals surface area contributed by atoms with Crippen LogP contribution in [-0.4, -0.2) is 15.0 Å². The molecule has 1 heterocycles. The van der Waals surface area contributed by atoms with E-state index in [0.717, 1.165) is 11.4 Å². The zero-order valence-corrected chi connectivity index (χ0v) is 10.9. The lowest BCUT2D eigenvalue weighted by Gasteiger charge is -2.05. The van der Waals surface area contributed by atoms with E-state index in [-0.39, 0.29) is 0 Å².